The summed E-state index contributed by atoms with van der Waals surface area (Å²) in [6.45, 7) is 0. The first-order valence-corrected chi connectivity index (χ1v) is 1.28. The quantitative estimate of drug-likeness (QED) is 0.402. The van der Waals surface area contributed by atoms with Crippen molar-refractivity contribution in [3.05, 3.63) is 0 Å². The number of rotatable bonds is 0. The van der Waals surface area contributed by atoms with Gasteiger partial charge in [-0.05, 0) is 0 Å². The van der Waals surface area contributed by atoms with Crippen LogP contribution in [0.2, 0.25) is 0 Å². The van der Waals surface area contributed by atoms with Crippen molar-refractivity contribution in [3.63, 3.8) is 0 Å². The largest absolute Gasteiger partial charge is 0.191 e. The Kier molecular flexibility index (Phi) is 3.07. The molecule has 0 amide bonds. The minimum Gasteiger partial charge on any atom is -0.191 e. The van der Waals surface area contributed by atoms with Gasteiger partial charge in [-0.1, -0.05) is 0 Å². The predicted octanol–water partition coefficient (Wildman–Crippen LogP) is 0.735. The van der Waals surface area contributed by atoms with E-state index in [1.54, 1.807) is 6.07 Å². The average Bonchev–Trinajstić information content (AvgIpc) is 1.41. The molecular weight excluding hydrogens is 87.5 g/mol. The van der Waals surface area contributed by atoms with E-state index < -0.39 is 0 Å². The third-order valence-electron chi connectivity index (χ3n) is 0.107. The number of hydrogen-bond acceptors (Lipinski definition) is 2. The summed E-state index contributed by atoms with van der Waals surface area (Å²) >= 11 is 4.65. The third kappa shape index (κ3) is 3.45. The Morgan fingerprint density at radius 3 is 2.60 bits per heavy atom. The number of hydrogen-bond donors (Lipinski definition) is 0. The summed E-state index contributed by atoms with van der Waals surface area (Å²) in [6, 6.07) is 1.59. The molecule has 0 atom stereocenters. The van der Waals surface area contributed by atoms with Crippen molar-refractivity contribution in [2.45, 2.75) is 0 Å². The molecule has 0 aromatic heterocycles. The normalized spacial score (nSPS) is 8.00. The highest BCUT2D eigenvalue weighted by Gasteiger charge is 1.49. The lowest BCUT2D eigenvalue weighted by Crippen LogP contribution is -1.48. The van der Waals surface area contributed by atoms with Crippen molar-refractivity contribution in [3.8, 4) is 6.07 Å². The van der Waals surface area contributed by atoms with Crippen LogP contribution in [0.25, 0.3) is 0 Å². The fourth-order valence-corrected chi connectivity index (χ4v) is 0.0655. The van der Waals surface area contributed by atoms with Gasteiger partial charge in [0.05, 0.1) is 0 Å². The van der Waals surface area contributed by atoms with Crippen LogP contribution in [0.3, 0.4) is 0 Å². The van der Waals surface area contributed by atoms with E-state index in [9.17, 15) is 0 Å². The van der Waals surface area contributed by atoms with E-state index in [1.807, 2.05) is 0 Å². The van der Waals surface area contributed by atoms with Gasteiger partial charge in [-0.25, -0.2) is 0 Å². The molecule has 0 aliphatic heterocycles. The third-order valence-corrected chi connectivity index (χ3v) is 0.204. The van der Waals surface area contributed by atoms with Gasteiger partial charge >= 0.3 is 0 Å². The van der Waals surface area contributed by atoms with E-state index in [2.05, 4.69) is 16.3 Å². The maximum Gasteiger partial charge on any atom is 0.119 e. The van der Waals surface area contributed by atoms with Crippen LogP contribution in [0, 0.1) is 11.3 Å². The van der Waals surface area contributed by atoms with Crippen molar-refractivity contribution in [2.24, 2.45) is 4.51 Å². The summed E-state index contributed by atoms with van der Waals surface area (Å²) in [5, 5.41) is 7.58. The molecule has 0 fully saturated rings. The van der Waals surface area contributed by atoms with E-state index in [0.29, 0.717) is 0 Å². The van der Waals surface area contributed by atoms with Gasteiger partial charge < -0.3 is 0 Å². The summed E-state index contributed by atoms with van der Waals surface area (Å²) in [5.41, 5.74) is 0. The van der Waals surface area contributed by atoms with Crippen LogP contribution in [0.1, 0.15) is 0 Å². The van der Waals surface area contributed by atoms with Gasteiger partial charge in [0.2, 0.25) is 0 Å². The molecular formula is C2HClN2. The van der Waals surface area contributed by atoms with Gasteiger partial charge in [0.1, 0.15) is 12.3 Å². The Morgan fingerprint density at radius 1 is 2.00 bits per heavy atom. The lowest BCUT2D eigenvalue weighted by Gasteiger charge is -1.46. The molecule has 0 aliphatic rings. The molecule has 0 radical (unpaired) electrons. The summed E-state index contributed by atoms with van der Waals surface area (Å²) in [6.07, 6.45) is 0.946. The molecule has 26 valence electrons. The summed E-state index contributed by atoms with van der Waals surface area (Å²) in [5.74, 6) is 0. The Balaban J connectivity index is 3.04. The van der Waals surface area contributed by atoms with Gasteiger partial charge in [-0.3, -0.25) is 0 Å². The van der Waals surface area contributed by atoms with Gasteiger partial charge in [0.15, 0.2) is 0 Å². The number of nitriles is 1. The summed E-state index contributed by atoms with van der Waals surface area (Å²) in [4.78, 5) is 0. The van der Waals surface area contributed by atoms with Gasteiger partial charge in [-0.15, -0.1) is 0 Å². The molecule has 0 aliphatic carbocycles. The predicted molar refractivity (Wildman–Crippen MR) is 20.0 cm³/mol. The lowest BCUT2D eigenvalue weighted by molar-refractivity contribution is 1.55. The highest BCUT2D eigenvalue weighted by Crippen LogP contribution is 1.64. The van der Waals surface area contributed by atoms with E-state index in [4.69, 9.17) is 5.26 Å². The van der Waals surface area contributed by atoms with E-state index in [0.717, 1.165) is 6.21 Å². The van der Waals surface area contributed by atoms with Crippen LogP contribution in [-0.4, -0.2) is 6.21 Å². The fourth-order valence-electron chi connectivity index (χ4n) is 0.0218. The van der Waals surface area contributed by atoms with E-state index in [-0.39, 0.29) is 0 Å². The molecule has 5 heavy (non-hydrogen) atoms. The zero-order valence-corrected chi connectivity index (χ0v) is 3.11. The Hall–Kier alpha value is -0.550. The van der Waals surface area contributed by atoms with Crippen molar-refractivity contribution in [1.82, 2.24) is 0 Å². The first-order valence-electron chi connectivity index (χ1n) is 0.940. The maximum atomic E-state index is 7.58. The van der Waals surface area contributed by atoms with Gasteiger partial charge in [0.25, 0.3) is 0 Å². The minimum absolute atomic E-state index is 0.946. The molecule has 0 saturated heterocycles. The minimum atomic E-state index is 0.946. The smallest absolute Gasteiger partial charge is 0.119 e. The molecule has 3 heteroatoms. The molecule has 2 nitrogen and oxygen atoms in total. The van der Waals surface area contributed by atoms with Crippen LogP contribution in [-0.2, 0) is 0 Å². The topological polar surface area (TPSA) is 36.1 Å². The summed E-state index contributed by atoms with van der Waals surface area (Å²) in [7, 11) is 0. The molecule has 0 aromatic rings. The highest BCUT2D eigenvalue weighted by molar-refractivity contribution is 6.18. The lowest BCUT2D eigenvalue weighted by atomic mass is 10.9. The SMILES string of the molecule is N#C/C=N/Cl. The van der Waals surface area contributed by atoms with E-state index in [1.165, 1.54) is 0 Å². The van der Waals surface area contributed by atoms with Crippen molar-refractivity contribution < 1.29 is 0 Å². The molecule has 0 rings (SSSR count). The van der Waals surface area contributed by atoms with E-state index >= 15 is 0 Å². The second-order valence-corrected chi connectivity index (χ2v) is 0.551. The van der Waals surface area contributed by atoms with Crippen molar-refractivity contribution in [2.75, 3.05) is 0 Å². The molecule has 0 saturated carbocycles. The fraction of sp³-hybridized carbons (Fsp3) is 0. The van der Waals surface area contributed by atoms with Crippen molar-refractivity contribution >= 4 is 18.0 Å². The van der Waals surface area contributed by atoms with Crippen LogP contribution < -0.4 is 0 Å². The van der Waals surface area contributed by atoms with Crippen LogP contribution in [0.4, 0.5) is 0 Å². The van der Waals surface area contributed by atoms with Crippen LogP contribution in [0.15, 0.2) is 4.51 Å². The molecule has 0 aromatic carbocycles. The monoisotopic (exact) mass is 88.0 g/mol. The van der Waals surface area contributed by atoms with Gasteiger partial charge in [-0.2, -0.15) is 9.77 Å². The molecule has 0 bridgehead atoms. The summed E-state index contributed by atoms with van der Waals surface area (Å²) < 4.78 is 2.84. The molecule has 0 unspecified atom stereocenters. The Bertz CT molecular complexity index is 70.2. The van der Waals surface area contributed by atoms with Crippen LogP contribution in [0.5, 0.6) is 0 Å². The van der Waals surface area contributed by atoms with Crippen molar-refractivity contribution in [1.29, 1.82) is 5.26 Å². The Labute approximate surface area is 34.8 Å². The second-order valence-electron chi connectivity index (χ2n) is 0.356. The number of nitrogens with zero attached hydrogens (tertiary/aromatic N) is 2. The zero-order chi connectivity index (χ0) is 4.12. The number of halogens is 1. The van der Waals surface area contributed by atoms with Gasteiger partial charge in [0, 0.05) is 11.8 Å². The maximum absolute atomic E-state index is 7.58. The Morgan fingerprint density at radius 2 is 2.60 bits per heavy atom. The first kappa shape index (κ1) is 4.45. The first-order chi connectivity index (χ1) is 2.41. The molecule has 0 spiro atoms. The standard InChI is InChI=1S/C2HClN2/c3-5-2-1-4/h2H/b5-2+. The highest BCUT2D eigenvalue weighted by atomic mass is 35.5. The molecule has 0 heterocycles. The zero-order valence-electron chi connectivity index (χ0n) is 2.35. The molecule has 0 N–H and O–H groups in total. The average molecular weight is 88.5 g/mol. The van der Waals surface area contributed by atoms with Crippen LogP contribution >= 0.6 is 11.8 Å². The second kappa shape index (κ2) is 3.45.